The van der Waals surface area contributed by atoms with Crippen LogP contribution in [-0.2, 0) is 9.59 Å². The van der Waals surface area contributed by atoms with E-state index in [9.17, 15) is 9.59 Å². The van der Waals surface area contributed by atoms with Crippen LogP contribution in [0.3, 0.4) is 0 Å². The maximum atomic E-state index is 13.1. The molecule has 2 aromatic carbocycles. The lowest BCUT2D eigenvalue weighted by atomic mass is 9.93. The first kappa shape index (κ1) is 24.5. The highest BCUT2D eigenvalue weighted by atomic mass is 35.5. The Labute approximate surface area is 200 Å². The van der Waals surface area contributed by atoms with Crippen LogP contribution in [0.5, 0.6) is 0 Å². The van der Waals surface area contributed by atoms with Gasteiger partial charge in [0.2, 0.25) is 11.8 Å². The summed E-state index contributed by atoms with van der Waals surface area (Å²) in [7, 11) is 0. The Kier molecular flexibility index (Phi) is 7.59. The van der Waals surface area contributed by atoms with Crippen molar-refractivity contribution in [2.75, 3.05) is 17.7 Å². The van der Waals surface area contributed by atoms with Gasteiger partial charge in [-0.15, -0.1) is 11.6 Å². The summed E-state index contributed by atoms with van der Waals surface area (Å²) in [6.07, 6.45) is 0. The molecule has 1 aromatic heterocycles. The van der Waals surface area contributed by atoms with Crippen LogP contribution in [0.25, 0.3) is 16.9 Å². The van der Waals surface area contributed by atoms with Crippen LogP contribution in [0, 0.1) is 12.3 Å². The summed E-state index contributed by atoms with van der Waals surface area (Å²) in [5.74, 6) is 0.266. The zero-order valence-corrected chi connectivity index (χ0v) is 20.6. The second-order valence-corrected chi connectivity index (χ2v) is 9.39. The van der Waals surface area contributed by atoms with Gasteiger partial charge in [0.25, 0.3) is 0 Å². The van der Waals surface area contributed by atoms with Crippen LogP contribution in [0.15, 0.2) is 60.7 Å². The molecule has 0 radical (unpaired) electrons. The number of carbonyl (C=O) groups excluding carboxylic acids is 2. The molecule has 0 aliphatic carbocycles. The predicted octanol–water partition coefficient (Wildman–Crippen LogP) is 5.29. The molecule has 0 bridgehead atoms. The molecule has 0 atom stereocenters. The molecular weight excluding hydrogens is 436 g/mol. The van der Waals surface area contributed by atoms with E-state index < -0.39 is 5.41 Å². The van der Waals surface area contributed by atoms with Gasteiger partial charge in [-0.1, -0.05) is 48.0 Å². The van der Waals surface area contributed by atoms with Crippen molar-refractivity contribution < 1.29 is 9.59 Å². The van der Waals surface area contributed by atoms with Crippen molar-refractivity contribution >= 4 is 29.2 Å². The second kappa shape index (κ2) is 10.2. The molecule has 0 aliphatic rings. The highest BCUT2D eigenvalue weighted by Gasteiger charge is 2.33. The molecule has 0 saturated heterocycles. The molecule has 0 saturated carbocycles. The number of alkyl halides is 1. The SMILES string of the molecule is Cc1ccc(-n2nc(-c3ccccc3)cc2NC(=O)CN(C(=O)C(C)(C)CCl)C(C)C)cc1. The minimum Gasteiger partial charge on any atom is -0.330 e. The minimum absolute atomic E-state index is 0.0729. The number of carbonyl (C=O) groups is 2. The highest BCUT2D eigenvalue weighted by Crippen LogP contribution is 2.26. The second-order valence-electron chi connectivity index (χ2n) is 9.12. The van der Waals surface area contributed by atoms with E-state index in [1.54, 1.807) is 23.4 Å². The van der Waals surface area contributed by atoms with Crippen LogP contribution in [-0.4, -0.2) is 45.0 Å². The maximum absolute atomic E-state index is 13.1. The largest absolute Gasteiger partial charge is 0.330 e. The molecule has 174 valence electrons. The lowest BCUT2D eigenvalue weighted by Crippen LogP contribution is -2.48. The third-order valence-electron chi connectivity index (χ3n) is 5.44. The molecule has 1 heterocycles. The molecule has 0 spiro atoms. The van der Waals surface area contributed by atoms with Crippen molar-refractivity contribution in [1.82, 2.24) is 14.7 Å². The number of benzene rings is 2. The molecule has 3 aromatic rings. The van der Waals surface area contributed by atoms with E-state index in [2.05, 4.69) is 5.32 Å². The number of aromatic nitrogens is 2. The molecule has 0 aliphatic heterocycles. The van der Waals surface area contributed by atoms with Crippen LogP contribution >= 0.6 is 11.6 Å². The van der Waals surface area contributed by atoms with Crippen LogP contribution in [0.2, 0.25) is 0 Å². The third kappa shape index (κ3) is 5.82. The molecule has 1 N–H and O–H groups in total. The van der Waals surface area contributed by atoms with Gasteiger partial charge in [0.1, 0.15) is 12.4 Å². The standard InChI is InChI=1S/C26H31ClN4O2/c1-18(2)30(25(33)26(4,5)17-27)16-24(32)28-23-15-22(20-9-7-6-8-10-20)29-31(23)21-13-11-19(3)12-14-21/h6-15,18H,16-17H2,1-5H3,(H,28,32). The Hall–Kier alpha value is -3.12. The van der Waals surface area contributed by atoms with E-state index in [1.165, 1.54) is 0 Å². The van der Waals surface area contributed by atoms with Crippen molar-refractivity contribution in [2.24, 2.45) is 5.41 Å². The molecule has 3 rings (SSSR count). The Morgan fingerprint density at radius 3 is 2.30 bits per heavy atom. The Bertz CT molecular complexity index is 1110. The van der Waals surface area contributed by atoms with Crippen molar-refractivity contribution in [3.63, 3.8) is 0 Å². The Balaban J connectivity index is 1.91. The average molecular weight is 467 g/mol. The van der Waals surface area contributed by atoms with Gasteiger partial charge < -0.3 is 10.2 Å². The van der Waals surface area contributed by atoms with Crippen molar-refractivity contribution in [3.05, 3.63) is 66.2 Å². The summed E-state index contributed by atoms with van der Waals surface area (Å²) in [5, 5.41) is 7.70. The third-order valence-corrected chi connectivity index (χ3v) is 6.10. The fraction of sp³-hybridized carbons (Fsp3) is 0.346. The number of amides is 2. The number of nitrogens with zero attached hydrogens (tertiary/aromatic N) is 3. The van der Waals surface area contributed by atoms with Gasteiger partial charge in [0.05, 0.1) is 16.8 Å². The fourth-order valence-corrected chi connectivity index (χ4v) is 3.49. The lowest BCUT2D eigenvalue weighted by Gasteiger charge is -2.33. The number of rotatable bonds is 8. The predicted molar refractivity (Wildman–Crippen MR) is 134 cm³/mol. The lowest BCUT2D eigenvalue weighted by molar-refractivity contribution is -0.143. The highest BCUT2D eigenvalue weighted by molar-refractivity contribution is 6.19. The number of anilines is 1. The van der Waals surface area contributed by atoms with Gasteiger partial charge in [-0.25, -0.2) is 4.68 Å². The number of aryl methyl sites for hydroxylation is 1. The van der Waals surface area contributed by atoms with Crippen molar-refractivity contribution in [2.45, 2.75) is 40.7 Å². The van der Waals surface area contributed by atoms with E-state index in [0.29, 0.717) is 5.82 Å². The fourth-order valence-electron chi connectivity index (χ4n) is 3.37. The van der Waals surface area contributed by atoms with Gasteiger partial charge in [-0.05, 0) is 46.8 Å². The molecule has 6 nitrogen and oxygen atoms in total. The van der Waals surface area contributed by atoms with Crippen molar-refractivity contribution in [1.29, 1.82) is 0 Å². The number of halogens is 1. The Morgan fingerprint density at radius 2 is 1.73 bits per heavy atom. The average Bonchev–Trinajstić information content (AvgIpc) is 3.21. The summed E-state index contributed by atoms with van der Waals surface area (Å²) in [6, 6.07) is 19.4. The van der Waals surface area contributed by atoms with Gasteiger partial charge in [0.15, 0.2) is 0 Å². The van der Waals surface area contributed by atoms with Gasteiger partial charge >= 0.3 is 0 Å². The zero-order chi connectivity index (χ0) is 24.2. The van der Waals surface area contributed by atoms with E-state index in [4.69, 9.17) is 16.7 Å². The monoisotopic (exact) mass is 466 g/mol. The summed E-state index contributed by atoms with van der Waals surface area (Å²) in [6.45, 7) is 9.29. The minimum atomic E-state index is -0.754. The van der Waals surface area contributed by atoms with E-state index >= 15 is 0 Å². The summed E-state index contributed by atoms with van der Waals surface area (Å²) >= 11 is 6.00. The van der Waals surface area contributed by atoms with E-state index in [1.807, 2.05) is 81.4 Å². The summed E-state index contributed by atoms with van der Waals surface area (Å²) in [4.78, 5) is 27.6. The van der Waals surface area contributed by atoms with Gasteiger partial charge in [0, 0.05) is 23.6 Å². The maximum Gasteiger partial charge on any atom is 0.245 e. The van der Waals surface area contributed by atoms with Gasteiger partial charge in [-0.3, -0.25) is 9.59 Å². The molecular formula is C26H31ClN4O2. The van der Waals surface area contributed by atoms with Crippen LogP contribution in [0.4, 0.5) is 5.82 Å². The van der Waals surface area contributed by atoms with Crippen LogP contribution in [0.1, 0.15) is 33.3 Å². The first-order valence-corrected chi connectivity index (χ1v) is 11.6. The van der Waals surface area contributed by atoms with Crippen LogP contribution < -0.4 is 5.32 Å². The first-order valence-electron chi connectivity index (χ1n) is 11.0. The molecule has 33 heavy (non-hydrogen) atoms. The zero-order valence-electron chi connectivity index (χ0n) is 19.8. The number of hydrogen-bond acceptors (Lipinski definition) is 3. The summed E-state index contributed by atoms with van der Waals surface area (Å²) in [5.41, 5.74) is 2.90. The summed E-state index contributed by atoms with van der Waals surface area (Å²) < 4.78 is 1.71. The van der Waals surface area contributed by atoms with Crippen molar-refractivity contribution in [3.8, 4) is 16.9 Å². The quantitative estimate of drug-likeness (QED) is 0.459. The molecule has 7 heteroatoms. The van der Waals surface area contributed by atoms with E-state index in [0.717, 1.165) is 22.5 Å². The molecule has 0 unspecified atom stereocenters. The number of hydrogen-bond donors (Lipinski definition) is 1. The normalized spacial score (nSPS) is 11.5. The smallest absolute Gasteiger partial charge is 0.245 e. The topological polar surface area (TPSA) is 67.2 Å². The number of nitrogens with one attached hydrogen (secondary N) is 1. The first-order chi connectivity index (χ1) is 15.6. The van der Waals surface area contributed by atoms with E-state index in [-0.39, 0.29) is 30.3 Å². The Morgan fingerprint density at radius 1 is 1.09 bits per heavy atom. The molecule has 2 amide bonds. The molecule has 0 fully saturated rings. The van der Waals surface area contributed by atoms with Gasteiger partial charge in [-0.2, -0.15) is 5.10 Å².